The molecule has 0 radical (unpaired) electrons. The molecule has 5 rings (SSSR count). The Hall–Kier alpha value is -3.98. The number of benzene rings is 3. The Balaban J connectivity index is 1.38. The second-order valence-corrected chi connectivity index (χ2v) is 8.47. The van der Waals surface area contributed by atoms with Gasteiger partial charge >= 0.3 is 10.1 Å². The predicted octanol–water partition coefficient (Wildman–Crippen LogP) is 3.81. The molecule has 0 spiro atoms. The van der Waals surface area contributed by atoms with Gasteiger partial charge in [0, 0.05) is 6.07 Å². The molecule has 2 aliphatic heterocycles. The van der Waals surface area contributed by atoms with Crippen LogP contribution in [0.1, 0.15) is 15.9 Å². The summed E-state index contributed by atoms with van der Waals surface area (Å²) in [6.45, 7) is 0.151. The highest BCUT2D eigenvalue weighted by Gasteiger charge is 2.29. The molecule has 3 aromatic rings. The van der Waals surface area contributed by atoms with Gasteiger partial charge < -0.3 is 23.1 Å². The van der Waals surface area contributed by atoms with Crippen LogP contribution in [0.4, 0.5) is 0 Å². The molecule has 0 unspecified atom stereocenters. The lowest BCUT2D eigenvalue weighted by atomic mass is 10.1. The Morgan fingerprint density at radius 3 is 2.41 bits per heavy atom. The molecule has 0 bridgehead atoms. The van der Waals surface area contributed by atoms with Gasteiger partial charge in [0.25, 0.3) is 0 Å². The maximum absolute atomic E-state index is 12.7. The van der Waals surface area contributed by atoms with Gasteiger partial charge in [0.1, 0.15) is 22.1 Å². The lowest BCUT2D eigenvalue weighted by Gasteiger charge is -2.08. The van der Waals surface area contributed by atoms with Gasteiger partial charge in [-0.25, -0.2) is 0 Å². The number of methoxy groups -OCH3 is 1. The summed E-state index contributed by atoms with van der Waals surface area (Å²) in [4.78, 5) is 12.7. The number of ketones is 1. The number of carbonyl (C=O) groups is 1. The van der Waals surface area contributed by atoms with Crippen molar-refractivity contribution < 1.29 is 36.3 Å². The minimum absolute atomic E-state index is 0.0247. The summed E-state index contributed by atoms with van der Waals surface area (Å²) in [5.74, 6) is 1.77. The van der Waals surface area contributed by atoms with Gasteiger partial charge in [-0.05, 0) is 60.2 Å². The van der Waals surface area contributed by atoms with E-state index in [1.807, 2.05) is 0 Å². The minimum atomic E-state index is -4.07. The Morgan fingerprint density at radius 2 is 1.62 bits per heavy atom. The Kier molecular flexibility index (Phi) is 4.75. The third kappa shape index (κ3) is 3.63. The fourth-order valence-electron chi connectivity index (χ4n) is 3.29. The van der Waals surface area contributed by atoms with Crippen LogP contribution in [-0.2, 0) is 10.1 Å². The van der Waals surface area contributed by atoms with Crippen LogP contribution < -0.4 is 23.1 Å². The quantitative estimate of drug-likeness (QED) is 0.426. The standard InChI is InChI=1S/C23H16O8S/c1-27-15-3-6-17(7-4-15)32(25,26)31-16-5-8-18-20(12-16)30-22(23(18)24)11-14-2-9-19-21(10-14)29-13-28-19/h2-12H,13H2,1H3. The minimum Gasteiger partial charge on any atom is -0.497 e. The Morgan fingerprint density at radius 1 is 0.875 bits per heavy atom. The normalized spacial score (nSPS) is 15.4. The first kappa shape index (κ1) is 20.0. The monoisotopic (exact) mass is 452 g/mol. The molecule has 3 aromatic carbocycles. The molecule has 0 saturated carbocycles. The topological polar surface area (TPSA) is 97.4 Å². The average Bonchev–Trinajstić information content (AvgIpc) is 3.37. The molecule has 0 amide bonds. The molecule has 0 aliphatic carbocycles. The molecule has 162 valence electrons. The lowest BCUT2D eigenvalue weighted by molar-refractivity contribution is 0.101. The van der Waals surface area contributed by atoms with Crippen molar-refractivity contribution in [3.63, 3.8) is 0 Å². The fraction of sp³-hybridized carbons (Fsp3) is 0.0870. The molecule has 0 N–H and O–H groups in total. The highest BCUT2D eigenvalue weighted by atomic mass is 32.2. The molecule has 0 fully saturated rings. The number of Topliss-reactive ketones (excluding diaryl/α,β-unsaturated/α-hetero) is 1. The van der Waals surface area contributed by atoms with Gasteiger partial charge in [0.05, 0.1) is 12.7 Å². The van der Waals surface area contributed by atoms with E-state index in [9.17, 15) is 13.2 Å². The van der Waals surface area contributed by atoms with E-state index >= 15 is 0 Å². The van der Waals surface area contributed by atoms with E-state index in [2.05, 4.69) is 0 Å². The molecule has 2 aliphatic rings. The number of fused-ring (bicyclic) bond motifs is 2. The van der Waals surface area contributed by atoms with Crippen LogP contribution in [0, 0.1) is 0 Å². The number of ether oxygens (including phenoxy) is 4. The van der Waals surface area contributed by atoms with Gasteiger partial charge in [0.2, 0.25) is 12.6 Å². The van der Waals surface area contributed by atoms with Crippen molar-refractivity contribution in [2.45, 2.75) is 4.90 Å². The summed E-state index contributed by atoms with van der Waals surface area (Å²) in [6, 6.07) is 15.3. The third-order valence-electron chi connectivity index (χ3n) is 4.89. The molecule has 8 nitrogen and oxygen atoms in total. The van der Waals surface area contributed by atoms with E-state index in [0.717, 1.165) is 0 Å². The Labute approximate surface area is 183 Å². The number of rotatable bonds is 5. The molecule has 0 atom stereocenters. The van der Waals surface area contributed by atoms with Crippen molar-refractivity contribution in [1.29, 1.82) is 0 Å². The van der Waals surface area contributed by atoms with Crippen molar-refractivity contribution in [3.8, 4) is 28.7 Å². The highest BCUT2D eigenvalue weighted by Crippen LogP contribution is 2.37. The summed E-state index contributed by atoms with van der Waals surface area (Å²) in [5, 5.41) is 0. The van der Waals surface area contributed by atoms with E-state index in [4.69, 9.17) is 23.1 Å². The molecule has 0 saturated heterocycles. The SMILES string of the molecule is COc1ccc(S(=O)(=O)Oc2ccc3c(c2)OC(=Cc2ccc4c(c2)OCO4)C3=O)cc1. The maximum atomic E-state index is 12.7. The molecule has 32 heavy (non-hydrogen) atoms. The zero-order chi connectivity index (χ0) is 22.3. The Bertz CT molecular complexity index is 1360. The molecular formula is C23H16O8S. The largest absolute Gasteiger partial charge is 0.497 e. The maximum Gasteiger partial charge on any atom is 0.339 e. The lowest BCUT2D eigenvalue weighted by Crippen LogP contribution is -2.09. The number of carbonyl (C=O) groups excluding carboxylic acids is 1. The summed E-state index contributed by atoms with van der Waals surface area (Å²) in [6.07, 6.45) is 1.58. The van der Waals surface area contributed by atoms with Crippen molar-refractivity contribution in [3.05, 3.63) is 77.5 Å². The predicted molar refractivity (Wildman–Crippen MR) is 113 cm³/mol. The van der Waals surface area contributed by atoms with Gasteiger partial charge in [-0.15, -0.1) is 0 Å². The smallest absolute Gasteiger partial charge is 0.339 e. The zero-order valence-electron chi connectivity index (χ0n) is 16.7. The first-order valence-electron chi connectivity index (χ1n) is 9.49. The molecule has 9 heteroatoms. The van der Waals surface area contributed by atoms with Gasteiger partial charge in [-0.2, -0.15) is 8.42 Å². The first-order valence-corrected chi connectivity index (χ1v) is 10.9. The van der Waals surface area contributed by atoms with Crippen molar-refractivity contribution >= 4 is 22.0 Å². The van der Waals surface area contributed by atoms with Gasteiger partial charge in [0.15, 0.2) is 17.3 Å². The van der Waals surface area contributed by atoms with E-state index < -0.39 is 10.1 Å². The van der Waals surface area contributed by atoms with Crippen LogP contribution in [0.3, 0.4) is 0 Å². The summed E-state index contributed by atoms with van der Waals surface area (Å²) in [5.41, 5.74) is 1.01. The molecular weight excluding hydrogens is 436 g/mol. The fourth-order valence-corrected chi connectivity index (χ4v) is 4.21. The zero-order valence-corrected chi connectivity index (χ0v) is 17.5. The van der Waals surface area contributed by atoms with E-state index in [0.29, 0.717) is 28.4 Å². The summed E-state index contributed by atoms with van der Waals surface area (Å²) < 4.78 is 51.7. The number of allylic oxidation sites excluding steroid dienone is 1. The van der Waals surface area contributed by atoms with Crippen molar-refractivity contribution in [2.75, 3.05) is 13.9 Å². The van der Waals surface area contributed by atoms with Gasteiger partial charge in [-0.3, -0.25) is 4.79 Å². The molecule has 2 heterocycles. The highest BCUT2D eigenvalue weighted by molar-refractivity contribution is 7.87. The van der Waals surface area contributed by atoms with Gasteiger partial charge in [-0.1, -0.05) is 6.07 Å². The van der Waals surface area contributed by atoms with Crippen LogP contribution in [0.15, 0.2) is 71.3 Å². The third-order valence-corrected chi connectivity index (χ3v) is 6.15. The van der Waals surface area contributed by atoms with Crippen LogP contribution in [0.2, 0.25) is 0 Å². The van der Waals surface area contributed by atoms with Crippen molar-refractivity contribution in [2.24, 2.45) is 0 Å². The average molecular weight is 452 g/mol. The van der Waals surface area contributed by atoms with Crippen LogP contribution in [0.5, 0.6) is 28.7 Å². The van der Waals surface area contributed by atoms with E-state index in [1.54, 1.807) is 24.3 Å². The van der Waals surface area contributed by atoms with Crippen LogP contribution in [-0.4, -0.2) is 28.1 Å². The first-order chi connectivity index (χ1) is 15.4. The van der Waals surface area contributed by atoms with Crippen LogP contribution in [0.25, 0.3) is 6.08 Å². The number of hydrogen-bond donors (Lipinski definition) is 0. The van der Waals surface area contributed by atoms with Crippen LogP contribution >= 0.6 is 0 Å². The molecule has 0 aromatic heterocycles. The van der Waals surface area contributed by atoms with E-state index in [1.165, 1.54) is 49.6 Å². The second kappa shape index (κ2) is 7.61. The van der Waals surface area contributed by atoms with E-state index in [-0.39, 0.29) is 34.7 Å². The summed E-state index contributed by atoms with van der Waals surface area (Å²) >= 11 is 0. The summed E-state index contributed by atoms with van der Waals surface area (Å²) in [7, 11) is -2.59. The second-order valence-electron chi connectivity index (χ2n) is 6.92. The number of hydrogen-bond acceptors (Lipinski definition) is 8. The van der Waals surface area contributed by atoms with Crippen molar-refractivity contribution in [1.82, 2.24) is 0 Å².